The van der Waals surface area contributed by atoms with Crippen LogP contribution in [0, 0.1) is 5.41 Å². The highest BCUT2D eigenvalue weighted by Crippen LogP contribution is 2.35. The first-order chi connectivity index (χ1) is 9.47. The molecule has 3 N–H and O–H groups in total. The molecule has 0 spiro atoms. The molecule has 0 radical (unpaired) electrons. The van der Waals surface area contributed by atoms with Crippen LogP contribution < -0.4 is 10.0 Å². The Bertz CT molecular complexity index is 532. The van der Waals surface area contributed by atoms with Crippen molar-refractivity contribution in [1.82, 2.24) is 20.2 Å². The van der Waals surface area contributed by atoms with Gasteiger partial charge >= 0.3 is 0 Å². The largest absolute Gasteiger partial charge is 0.316 e. The average Bonchev–Trinajstić information content (AvgIpc) is 2.87. The Morgan fingerprint density at radius 2 is 2.05 bits per heavy atom. The Morgan fingerprint density at radius 3 is 2.70 bits per heavy atom. The zero-order valence-corrected chi connectivity index (χ0v) is 13.0. The van der Waals surface area contributed by atoms with Gasteiger partial charge in [-0.3, -0.25) is 5.10 Å². The molecule has 7 heteroatoms. The maximum absolute atomic E-state index is 12.4. The molecule has 0 atom stereocenters. The van der Waals surface area contributed by atoms with Gasteiger partial charge < -0.3 is 5.32 Å². The van der Waals surface area contributed by atoms with E-state index >= 15 is 0 Å². The first-order valence-electron chi connectivity index (χ1n) is 7.13. The van der Waals surface area contributed by atoms with Crippen molar-refractivity contribution in [3.05, 3.63) is 11.8 Å². The van der Waals surface area contributed by atoms with Gasteiger partial charge in [0.1, 0.15) is 0 Å². The molecule has 0 aromatic carbocycles. The lowest BCUT2D eigenvalue weighted by Crippen LogP contribution is -2.37. The molecule has 0 saturated heterocycles. The van der Waals surface area contributed by atoms with E-state index in [0.29, 0.717) is 18.7 Å². The van der Waals surface area contributed by atoms with Gasteiger partial charge in [-0.05, 0) is 25.3 Å². The number of nitrogens with one attached hydrogen (secondary N) is 3. The van der Waals surface area contributed by atoms with Gasteiger partial charge in [-0.15, -0.1) is 0 Å². The van der Waals surface area contributed by atoms with Crippen molar-refractivity contribution >= 4 is 10.0 Å². The summed E-state index contributed by atoms with van der Waals surface area (Å²) < 4.78 is 27.5. The predicted octanol–water partition coefficient (Wildman–Crippen LogP) is 1.38. The molecule has 0 bridgehead atoms. The van der Waals surface area contributed by atoms with Crippen LogP contribution >= 0.6 is 0 Å². The summed E-state index contributed by atoms with van der Waals surface area (Å²) in [6, 6.07) is 0. The number of aromatic amines is 1. The quantitative estimate of drug-likeness (QED) is 0.740. The van der Waals surface area contributed by atoms with Crippen LogP contribution in [0.5, 0.6) is 0 Å². The fraction of sp³-hybridized carbons (Fsp3) is 0.769. The first-order valence-corrected chi connectivity index (χ1v) is 8.62. The molecule has 0 amide bonds. The molecule has 1 aliphatic carbocycles. The molecule has 0 aliphatic heterocycles. The molecule has 1 aromatic rings. The number of aromatic nitrogens is 2. The fourth-order valence-corrected chi connectivity index (χ4v) is 4.10. The third kappa shape index (κ3) is 3.59. The lowest BCUT2D eigenvalue weighted by Gasteiger charge is -2.33. The van der Waals surface area contributed by atoms with Crippen LogP contribution in [0.15, 0.2) is 11.2 Å². The SMILES string of the molecule is CNCc1cn[nH]c1S(=O)(=O)NCC1(C)CCCCC1. The Morgan fingerprint density at radius 1 is 1.35 bits per heavy atom. The lowest BCUT2D eigenvalue weighted by molar-refractivity contribution is 0.219. The van der Waals surface area contributed by atoms with Crippen molar-refractivity contribution in [3.8, 4) is 0 Å². The van der Waals surface area contributed by atoms with Gasteiger partial charge in [0.15, 0.2) is 5.03 Å². The Kier molecular flexibility index (Phi) is 4.82. The number of rotatable bonds is 6. The van der Waals surface area contributed by atoms with Crippen LogP contribution in [0.2, 0.25) is 0 Å². The van der Waals surface area contributed by atoms with Crippen molar-refractivity contribution in [1.29, 1.82) is 0 Å². The fourth-order valence-electron chi connectivity index (χ4n) is 2.77. The van der Waals surface area contributed by atoms with E-state index in [1.807, 2.05) is 0 Å². The van der Waals surface area contributed by atoms with E-state index in [9.17, 15) is 8.42 Å². The third-order valence-corrected chi connectivity index (χ3v) is 5.48. The summed E-state index contributed by atoms with van der Waals surface area (Å²) in [5.41, 5.74) is 0.739. The van der Waals surface area contributed by atoms with Gasteiger partial charge in [0, 0.05) is 18.7 Å². The molecule has 2 rings (SSSR count). The summed E-state index contributed by atoms with van der Waals surface area (Å²) in [7, 11) is -1.74. The number of sulfonamides is 1. The summed E-state index contributed by atoms with van der Waals surface area (Å²) >= 11 is 0. The van der Waals surface area contributed by atoms with Gasteiger partial charge in [-0.2, -0.15) is 5.10 Å². The second-order valence-electron chi connectivity index (χ2n) is 5.95. The second-order valence-corrected chi connectivity index (χ2v) is 7.65. The minimum Gasteiger partial charge on any atom is -0.316 e. The number of hydrogen-bond donors (Lipinski definition) is 3. The Labute approximate surface area is 120 Å². The smallest absolute Gasteiger partial charge is 0.257 e. The average molecular weight is 300 g/mol. The standard InChI is InChI=1S/C13H24N4O2S/c1-13(6-4-3-5-7-13)10-16-20(18,19)12-11(8-14-2)9-15-17-12/h9,14,16H,3-8,10H2,1-2H3,(H,15,17). The highest BCUT2D eigenvalue weighted by atomic mass is 32.2. The van der Waals surface area contributed by atoms with Crippen LogP contribution in [-0.4, -0.2) is 32.2 Å². The maximum atomic E-state index is 12.4. The van der Waals surface area contributed by atoms with E-state index in [2.05, 4.69) is 27.2 Å². The molecular weight excluding hydrogens is 276 g/mol. The minimum atomic E-state index is -3.52. The van der Waals surface area contributed by atoms with Gasteiger partial charge in [-0.1, -0.05) is 26.2 Å². The molecule has 1 aliphatic rings. The van der Waals surface area contributed by atoms with Crippen LogP contribution in [0.4, 0.5) is 0 Å². The minimum absolute atomic E-state index is 0.0779. The summed E-state index contributed by atoms with van der Waals surface area (Å²) in [5.74, 6) is 0. The first kappa shape index (κ1) is 15.5. The molecule has 6 nitrogen and oxygen atoms in total. The highest BCUT2D eigenvalue weighted by molar-refractivity contribution is 7.89. The van der Waals surface area contributed by atoms with Gasteiger partial charge in [-0.25, -0.2) is 13.1 Å². The van der Waals surface area contributed by atoms with Gasteiger partial charge in [0.05, 0.1) is 6.20 Å². The summed E-state index contributed by atoms with van der Waals surface area (Å²) in [4.78, 5) is 0. The van der Waals surface area contributed by atoms with Crippen molar-refractivity contribution in [2.75, 3.05) is 13.6 Å². The molecular formula is C13H24N4O2S. The van der Waals surface area contributed by atoms with Crippen molar-refractivity contribution in [3.63, 3.8) is 0 Å². The molecule has 1 fully saturated rings. The topological polar surface area (TPSA) is 86.9 Å². The molecule has 114 valence electrons. The van der Waals surface area contributed by atoms with Crippen LogP contribution in [-0.2, 0) is 16.6 Å². The highest BCUT2D eigenvalue weighted by Gasteiger charge is 2.29. The zero-order valence-electron chi connectivity index (χ0n) is 12.2. The van der Waals surface area contributed by atoms with Crippen molar-refractivity contribution in [2.24, 2.45) is 5.41 Å². The van der Waals surface area contributed by atoms with E-state index in [4.69, 9.17) is 0 Å². The van der Waals surface area contributed by atoms with Gasteiger partial charge in [0.2, 0.25) is 0 Å². The zero-order chi connectivity index (χ0) is 14.6. The van der Waals surface area contributed by atoms with E-state index in [0.717, 1.165) is 12.8 Å². The third-order valence-electron chi connectivity index (χ3n) is 4.06. The van der Waals surface area contributed by atoms with Gasteiger partial charge in [0.25, 0.3) is 10.0 Å². The van der Waals surface area contributed by atoms with E-state index in [1.165, 1.54) is 19.3 Å². The van der Waals surface area contributed by atoms with Crippen molar-refractivity contribution in [2.45, 2.75) is 50.6 Å². The van der Waals surface area contributed by atoms with E-state index in [1.54, 1.807) is 13.2 Å². The molecule has 1 heterocycles. The predicted molar refractivity (Wildman–Crippen MR) is 77.7 cm³/mol. The van der Waals surface area contributed by atoms with E-state index < -0.39 is 10.0 Å². The number of nitrogens with zero attached hydrogens (tertiary/aromatic N) is 1. The summed E-state index contributed by atoms with van der Waals surface area (Å²) in [5, 5.41) is 9.54. The van der Waals surface area contributed by atoms with Crippen molar-refractivity contribution < 1.29 is 8.42 Å². The molecule has 20 heavy (non-hydrogen) atoms. The molecule has 1 aromatic heterocycles. The Hall–Kier alpha value is -0.920. The maximum Gasteiger partial charge on any atom is 0.257 e. The Balaban J connectivity index is 2.05. The number of H-pyrrole nitrogens is 1. The summed E-state index contributed by atoms with van der Waals surface area (Å²) in [6.45, 7) is 3.13. The number of hydrogen-bond acceptors (Lipinski definition) is 4. The van der Waals surface area contributed by atoms with E-state index in [-0.39, 0.29) is 10.4 Å². The molecule has 1 saturated carbocycles. The second kappa shape index (κ2) is 6.24. The normalized spacial score (nSPS) is 19.1. The van der Waals surface area contributed by atoms with Crippen LogP contribution in [0.1, 0.15) is 44.6 Å². The monoisotopic (exact) mass is 300 g/mol. The summed E-state index contributed by atoms with van der Waals surface area (Å²) in [6.07, 6.45) is 7.35. The lowest BCUT2D eigenvalue weighted by atomic mass is 9.76. The van der Waals surface area contributed by atoms with Crippen LogP contribution in [0.3, 0.4) is 0 Å². The molecule has 0 unspecified atom stereocenters. The van der Waals surface area contributed by atoms with Crippen LogP contribution in [0.25, 0.3) is 0 Å².